The Bertz CT molecular complexity index is 1480. The SMILES string of the molecule is CC(=O)C1(O)Cc2c(O)c3c(c(O)c2C(O)C1)C(=O)c1c(OCOc2ccc(Cl)cc2)cccc1C3=O. The van der Waals surface area contributed by atoms with Crippen molar-refractivity contribution in [3.8, 4) is 23.0 Å². The molecule has 190 valence electrons. The number of phenolic OH excluding ortho intramolecular Hbond substituents is 2. The van der Waals surface area contributed by atoms with E-state index in [1.807, 2.05) is 0 Å². The molecule has 2 aliphatic rings. The summed E-state index contributed by atoms with van der Waals surface area (Å²) in [6.45, 7) is 0.826. The molecule has 0 radical (unpaired) electrons. The molecule has 0 saturated heterocycles. The summed E-state index contributed by atoms with van der Waals surface area (Å²) < 4.78 is 11.1. The molecule has 5 rings (SSSR count). The molecule has 0 aromatic heterocycles. The number of ether oxygens (including phenoxy) is 2. The topological polar surface area (TPSA) is 151 Å². The Morgan fingerprint density at radius 3 is 2.35 bits per heavy atom. The molecule has 0 saturated carbocycles. The highest BCUT2D eigenvalue weighted by atomic mass is 35.5. The third kappa shape index (κ3) is 3.92. The van der Waals surface area contributed by atoms with Crippen LogP contribution in [0.2, 0.25) is 5.02 Å². The first-order valence-electron chi connectivity index (χ1n) is 11.3. The standard InChI is InChI=1S/C27H21ClO9/c1-12(29)27(35)9-16-19(17(30)10-27)25(33)22-21(24(16)32)23(31)15-3-2-4-18(20(15)26(22)34)37-11-36-14-7-5-13(28)6-8-14/h2-8,17,30,32-33,35H,9-11H2,1H3. The van der Waals surface area contributed by atoms with E-state index in [1.54, 1.807) is 24.3 Å². The number of aliphatic hydroxyl groups excluding tert-OH is 1. The predicted octanol–water partition coefficient (Wildman–Crippen LogP) is 3.24. The quantitative estimate of drug-likeness (QED) is 0.228. The fourth-order valence-corrected chi connectivity index (χ4v) is 4.98. The minimum absolute atomic E-state index is 0.0126. The molecule has 3 aromatic carbocycles. The Hall–Kier alpha value is -3.92. The summed E-state index contributed by atoms with van der Waals surface area (Å²) in [5.41, 5.74) is -3.56. The van der Waals surface area contributed by atoms with Gasteiger partial charge >= 0.3 is 0 Å². The van der Waals surface area contributed by atoms with Crippen LogP contribution >= 0.6 is 11.6 Å². The van der Waals surface area contributed by atoms with Crippen molar-refractivity contribution >= 4 is 29.0 Å². The number of carbonyl (C=O) groups excluding carboxylic acids is 3. The van der Waals surface area contributed by atoms with E-state index in [9.17, 15) is 34.8 Å². The molecule has 0 bridgehead atoms. The molecule has 37 heavy (non-hydrogen) atoms. The molecule has 2 aliphatic carbocycles. The van der Waals surface area contributed by atoms with Crippen molar-refractivity contribution in [1.82, 2.24) is 0 Å². The molecule has 0 amide bonds. The molecule has 2 unspecified atom stereocenters. The number of phenols is 2. The van der Waals surface area contributed by atoms with Crippen molar-refractivity contribution in [3.05, 3.63) is 80.9 Å². The molecule has 0 aliphatic heterocycles. The Morgan fingerprint density at radius 1 is 1.00 bits per heavy atom. The highest BCUT2D eigenvalue weighted by molar-refractivity contribution is 6.31. The van der Waals surface area contributed by atoms with E-state index in [-0.39, 0.29) is 34.8 Å². The second-order valence-corrected chi connectivity index (χ2v) is 9.46. The molecular formula is C27H21ClO9. The third-order valence-electron chi connectivity index (χ3n) is 6.78. The lowest BCUT2D eigenvalue weighted by Gasteiger charge is -2.36. The van der Waals surface area contributed by atoms with E-state index < -0.39 is 64.5 Å². The van der Waals surface area contributed by atoms with Crippen LogP contribution < -0.4 is 9.47 Å². The maximum atomic E-state index is 13.6. The van der Waals surface area contributed by atoms with Crippen molar-refractivity contribution in [2.24, 2.45) is 0 Å². The first-order valence-corrected chi connectivity index (χ1v) is 11.7. The number of ketones is 3. The minimum Gasteiger partial charge on any atom is -0.507 e. The van der Waals surface area contributed by atoms with Crippen LogP contribution in [0.15, 0.2) is 42.5 Å². The third-order valence-corrected chi connectivity index (χ3v) is 7.04. The van der Waals surface area contributed by atoms with Gasteiger partial charge in [0.15, 0.2) is 11.6 Å². The summed E-state index contributed by atoms with van der Waals surface area (Å²) in [6.07, 6.45) is -2.46. The number of aliphatic hydroxyl groups is 2. The largest absolute Gasteiger partial charge is 0.507 e. The zero-order chi connectivity index (χ0) is 26.6. The van der Waals surface area contributed by atoms with Gasteiger partial charge in [0, 0.05) is 34.6 Å². The number of halogens is 1. The number of carbonyl (C=O) groups is 3. The Morgan fingerprint density at radius 2 is 1.68 bits per heavy atom. The van der Waals surface area contributed by atoms with Crippen LogP contribution in [0.1, 0.15) is 62.4 Å². The Balaban J connectivity index is 1.55. The fourth-order valence-electron chi connectivity index (χ4n) is 4.85. The maximum Gasteiger partial charge on any atom is 0.230 e. The van der Waals surface area contributed by atoms with Crippen molar-refractivity contribution in [3.63, 3.8) is 0 Å². The molecule has 10 heteroatoms. The van der Waals surface area contributed by atoms with Gasteiger partial charge in [-0.25, -0.2) is 0 Å². The summed E-state index contributed by atoms with van der Waals surface area (Å²) in [5.74, 6) is -3.13. The van der Waals surface area contributed by atoms with Crippen molar-refractivity contribution in [2.75, 3.05) is 6.79 Å². The summed E-state index contributed by atoms with van der Waals surface area (Å²) in [4.78, 5) is 39.1. The van der Waals surface area contributed by atoms with Crippen LogP contribution in [0.4, 0.5) is 0 Å². The van der Waals surface area contributed by atoms with Crippen molar-refractivity contribution in [2.45, 2.75) is 31.5 Å². The first kappa shape index (κ1) is 24.8. The lowest BCUT2D eigenvalue weighted by molar-refractivity contribution is -0.139. The monoisotopic (exact) mass is 524 g/mol. The van der Waals surface area contributed by atoms with Gasteiger partial charge in [0.1, 0.15) is 28.6 Å². The van der Waals surface area contributed by atoms with Crippen LogP contribution in [0.25, 0.3) is 0 Å². The van der Waals surface area contributed by atoms with E-state index in [0.717, 1.165) is 6.92 Å². The zero-order valence-corrected chi connectivity index (χ0v) is 20.2. The number of aromatic hydroxyl groups is 2. The van der Waals surface area contributed by atoms with Crippen LogP contribution in [-0.4, -0.2) is 50.2 Å². The molecule has 2 atom stereocenters. The van der Waals surface area contributed by atoms with E-state index >= 15 is 0 Å². The number of hydrogen-bond acceptors (Lipinski definition) is 9. The highest BCUT2D eigenvalue weighted by Gasteiger charge is 2.47. The summed E-state index contributed by atoms with van der Waals surface area (Å²) >= 11 is 5.86. The Kier molecular flexibility index (Phi) is 5.94. The lowest BCUT2D eigenvalue weighted by atomic mass is 9.72. The van der Waals surface area contributed by atoms with Gasteiger partial charge in [0.05, 0.1) is 22.8 Å². The highest BCUT2D eigenvalue weighted by Crippen LogP contribution is 2.51. The second kappa shape index (κ2) is 8.88. The van der Waals surface area contributed by atoms with Gasteiger partial charge in [-0.1, -0.05) is 23.7 Å². The first-order chi connectivity index (χ1) is 17.5. The Labute approximate surface area is 215 Å². The van der Waals surface area contributed by atoms with E-state index in [0.29, 0.717) is 10.8 Å². The van der Waals surface area contributed by atoms with Crippen LogP contribution in [0.5, 0.6) is 23.0 Å². The van der Waals surface area contributed by atoms with Gasteiger partial charge in [0.25, 0.3) is 0 Å². The van der Waals surface area contributed by atoms with Gasteiger partial charge in [-0.3, -0.25) is 14.4 Å². The minimum atomic E-state index is -2.00. The van der Waals surface area contributed by atoms with Crippen molar-refractivity contribution in [1.29, 1.82) is 0 Å². The molecular weight excluding hydrogens is 504 g/mol. The summed E-state index contributed by atoms with van der Waals surface area (Å²) in [6, 6.07) is 10.8. The normalized spacial score (nSPS) is 20.1. The van der Waals surface area contributed by atoms with E-state index in [1.165, 1.54) is 18.2 Å². The molecule has 9 nitrogen and oxygen atoms in total. The number of benzene rings is 3. The predicted molar refractivity (Wildman–Crippen MR) is 130 cm³/mol. The van der Waals surface area contributed by atoms with Crippen LogP contribution in [0, 0.1) is 0 Å². The molecule has 0 fully saturated rings. The molecule has 4 N–H and O–H groups in total. The van der Waals surface area contributed by atoms with Gasteiger partial charge in [0.2, 0.25) is 12.6 Å². The van der Waals surface area contributed by atoms with E-state index in [2.05, 4.69) is 0 Å². The number of fused-ring (bicyclic) bond motifs is 3. The lowest BCUT2D eigenvalue weighted by Crippen LogP contribution is -2.44. The van der Waals surface area contributed by atoms with Crippen LogP contribution in [-0.2, 0) is 11.2 Å². The summed E-state index contributed by atoms with van der Waals surface area (Å²) in [5, 5.41) is 44.0. The molecule has 3 aromatic rings. The maximum absolute atomic E-state index is 13.6. The fraction of sp³-hybridized carbons (Fsp3) is 0.222. The number of Topliss-reactive ketones (excluding diaryl/α,β-unsaturated/α-hetero) is 1. The molecule has 0 spiro atoms. The number of rotatable bonds is 5. The van der Waals surface area contributed by atoms with Gasteiger partial charge < -0.3 is 29.9 Å². The van der Waals surface area contributed by atoms with Gasteiger partial charge in [-0.05, 0) is 37.3 Å². The second-order valence-electron chi connectivity index (χ2n) is 9.02. The zero-order valence-electron chi connectivity index (χ0n) is 19.4. The van der Waals surface area contributed by atoms with Crippen LogP contribution in [0.3, 0.4) is 0 Å². The average molecular weight is 525 g/mol. The smallest absolute Gasteiger partial charge is 0.230 e. The van der Waals surface area contributed by atoms with Crippen molar-refractivity contribution < 1.29 is 44.3 Å². The molecule has 0 heterocycles. The number of hydrogen-bond donors (Lipinski definition) is 4. The van der Waals surface area contributed by atoms with Gasteiger partial charge in [-0.15, -0.1) is 0 Å². The summed E-state index contributed by atoms with van der Waals surface area (Å²) in [7, 11) is 0. The van der Waals surface area contributed by atoms with Gasteiger partial charge in [-0.2, -0.15) is 0 Å². The van der Waals surface area contributed by atoms with E-state index in [4.69, 9.17) is 21.1 Å². The average Bonchev–Trinajstić information content (AvgIpc) is 2.85.